The molecule has 0 unspecified atom stereocenters. The van der Waals surface area contributed by atoms with Crippen LogP contribution in [0.1, 0.15) is 27.0 Å². The lowest BCUT2D eigenvalue weighted by Crippen LogP contribution is -2.05. The van der Waals surface area contributed by atoms with E-state index in [1.54, 1.807) is 0 Å². The Morgan fingerprint density at radius 2 is 2.05 bits per heavy atom. The molecular weight excluding hydrogens is 304 g/mol. The summed E-state index contributed by atoms with van der Waals surface area (Å²) in [4.78, 5) is 12.7. The molecule has 3 heteroatoms. The molecule has 0 aromatic heterocycles. The van der Waals surface area contributed by atoms with Crippen LogP contribution < -0.4 is 4.74 Å². The van der Waals surface area contributed by atoms with Gasteiger partial charge in [0.25, 0.3) is 0 Å². The van der Waals surface area contributed by atoms with Gasteiger partial charge in [0.2, 0.25) is 0 Å². The van der Waals surface area contributed by atoms with Gasteiger partial charge in [-0.1, -0.05) is 34.1 Å². The fourth-order valence-electron chi connectivity index (χ4n) is 2.38. The number of ether oxygens (including phenoxy) is 1. The summed E-state index contributed by atoms with van der Waals surface area (Å²) in [5.74, 6) is 0.782. The first kappa shape index (κ1) is 12.4. The minimum Gasteiger partial charge on any atom is -0.492 e. The van der Waals surface area contributed by atoms with Crippen molar-refractivity contribution in [1.82, 2.24) is 0 Å². The number of rotatable bonds is 2. The number of ketones is 1. The Hall–Kier alpha value is -1.61. The van der Waals surface area contributed by atoms with E-state index in [-0.39, 0.29) is 5.78 Å². The van der Waals surface area contributed by atoms with E-state index in [0.29, 0.717) is 12.2 Å². The van der Waals surface area contributed by atoms with Crippen molar-refractivity contribution in [3.63, 3.8) is 0 Å². The molecule has 2 aromatic rings. The molecule has 96 valence electrons. The van der Waals surface area contributed by atoms with E-state index < -0.39 is 0 Å². The molecule has 0 saturated heterocycles. The summed E-state index contributed by atoms with van der Waals surface area (Å²) in [6, 6.07) is 11.5. The van der Waals surface area contributed by atoms with E-state index in [4.69, 9.17) is 4.74 Å². The molecular formula is C16H13BrO2. The van der Waals surface area contributed by atoms with Crippen LogP contribution in [0.15, 0.2) is 40.9 Å². The molecule has 2 nitrogen and oxygen atoms in total. The molecule has 0 aliphatic carbocycles. The Balaban J connectivity index is 2.10. The highest BCUT2D eigenvalue weighted by molar-refractivity contribution is 9.10. The summed E-state index contributed by atoms with van der Waals surface area (Å²) < 4.78 is 6.52. The Morgan fingerprint density at radius 3 is 2.89 bits per heavy atom. The second kappa shape index (κ2) is 4.82. The first-order chi connectivity index (χ1) is 9.16. The fraction of sp³-hybridized carbons (Fsp3) is 0.188. The molecule has 0 N–H and O–H groups in total. The third-order valence-electron chi connectivity index (χ3n) is 3.40. The number of carbonyl (C=O) groups excluding carboxylic acids is 1. The maximum atomic E-state index is 12.7. The standard InChI is InChI=1S/C16H13BrO2/c1-10-5-6-12(17)9-14(10)15(18)13-4-2-3-11-7-8-19-16(11)13/h2-6,9H,7-8H2,1H3. The average molecular weight is 317 g/mol. The highest BCUT2D eigenvalue weighted by Crippen LogP contribution is 2.32. The smallest absolute Gasteiger partial charge is 0.197 e. The zero-order chi connectivity index (χ0) is 13.4. The van der Waals surface area contributed by atoms with Crippen LogP contribution in [0.2, 0.25) is 0 Å². The van der Waals surface area contributed by atoms with Gasteiger partial charge in [0.1, 0.15) is 5.75 Å². The minimum atomic E-state index is 0.0255. The zero-order valence-electron chi connectivity index (χ0n) is 10.6. The summed E-state index contributed by atoms with van der Waals surface area (Å²) in [5, 5.41) is 0. The van der Waals surface area contributed by atoms with Gasteiger partial charge >= 0.3 is 0 Å². The second-order valence-corrected chi connectivity index (χ2v) is 5.60. The largest absolute Gasteiger partial charge is 0.492 e. The number of hydrogen-bond donors (Lipinski definition) is 0. The van der Waals surface area contributed by atoms with Gasteiger partial charge in [0.15, 0.2) is 5.78 Å². The van der Waals surface area contributed by atoms with E-state index in [2.05, 4.69) is 15.9 Å². The van der Waals surface area contributed by atoms with Crippen molar-refractivity contribution in [2.45, 2.75) is 13.3 Å². The number of fused-ring (bicyclic) bond motifs is 1. The number of benzene rings is 2. The summed E-state index contributed by atoms with van der Waals surface area (Å²) in [6.45, 7) is 2.61. The van der Waals surface area contributed by atoms with Crippen LogP contribution in [0.4, 0.5) is 0 Å². The summed E-state index contributed by atoms with van der Waals surface area (Å²) in [6.07, 6.45) is 0.883. The van der Waals surface area contributed by atoms with Crippen LogP contribution in [0.3, 0.4) is 0 Å². The van der Waals surface area contributed by atoms with Gasteiger partial charge in [0, 0.05) is 16.5 Å². The SMILES string of the molecule is Cc1ccc(Br)cc1C(=O)c1cccc2c1OCC2. The third kappa shape index (κ3) is 2.19. The normalized spacial score (nSPS) is 12.9. The fourth-order valence-corrected chi connectivity index (χ4v) is 2.74. The van der Waals surface area contributed by atoms with Crippen molar-refractivity contribution < 1.29 is 9.53 Å². The van der Waals surface area contributed by atoms with Gasteiger partial charge in [0.05, 0.1) is 12.2 Å². The van der Waals surface area contributed by atoms with E-state index >= 15 is 0 Å². The third-order valence-corrected chi connectivity index (χ3v) is 3.90. The number of hydrogen-bond acceptors (Lipinski definition) is 2. The van der Waals surface area contributed by atoms with E-state index in [1.165, 1.54) is 0 Å². The van der Waals surface area contributed by atoms with Crippen molar-refractivity contribution in [2.24, 2.45) is 0 Å². The van der Waals surface area contributed by atoms with Crippen LogP contribution in [-0.2, 0) is 6.42 Å². The molecule has 0 saturated carbocycles. The van der Waals surface area contributed by atoms with Crippen molar-refractivity contribution in [3.8, 4) is 5.75 Å². The Bertz CT molecular complexity index is 662. The predicted octanol–water partition coefficient (Wildman–Crippen LogP) is 3.92. The van der Waals surface area contributed by atoms with Crippen molar-refractivity contribution in [3.05, 3.63) is 63.1 Å². The Kier molecular flexibility index (Phi) is 3.15. The van der Waals surface area contributed by atoms with E-state index in [1.807, 2.05) is 43.3 Å². The first-order valence-electron chi connectivity index (χ1n) is 6.22. The quantitative estimate of drug-likeness (QED) is 0.785. The predicted molar refractivity (Wildman–Crippen MR) is 78.0 cm³/mol. The summed E-state index contributed by atoms with van der Waals surface area (Å²) in [5.41, 5.74) is 3.48. The molecule has 0 fully saturated rings. The first-order valence-corrected chi connectivity index (χ1v) is 7.01. The molecule has 0 bridgehead atoms. The summed E-state index contributed by atoms with van der Waals surface area (Å²) >= 11 is 3.42. The highest BCUT2D eigenvalue weighted by Gasteiger charge is 2.22. The van der Waals surface area contributed by atoms with Crippen LogP contribution >= 0.6 is 15.9 Å². The van der Waals surface area contributed by atoms with Gasteiger partial charge in [-0.3, -0.25) is 4.79 Å². The molecule has 19 heavy (non-hydrogen) atoms. The molecule has 2 aromatic carbocycles. The maximum Gasteiger partial charge on any atom is 0.197 e. The van der Waals surface area contributed by atoms with E-state index in [0.717, 1.165) is 33.3 Å². The van der Waals surface area contributed by atoms with Crippen LogP contribution in [0, 0.1) is 6.92 Å². The van der Waals surface area contributed by atoms with Crippen LogP contribution in [0.5, 0.6) is 5.75 Å². The monoisotopic (exact) mass is 316 g/mol. The molecule has 3 rings (SSSR count). The zero-order valence-corrected chi connectivity index (χ0v) is 12.2. The molecule has 1 heterocycles. The Morgan fingerprint density at radius 1 is 1.21 bits per heavy atom. The van der Waals surface area contributed by atoms with Crippen molar-refractivity contribution >= 4 is 21.7 Å². The average Bonchev–Trinajstić information content (AvgIpc) is 2.89. The Labute approximate surface area is 120 Å². The second-order valence-electron chi connectivity index (χ2n) is 4.68. The summed E-state index contributed by atoms with van der Waals surface area (Å²) in [7, 11) is 0. The van der Waals surface area contributed by atoms with Crippen LogP contribution in [0.25, 0.3) is 0 Å². The van der Waals surface area contributed by atoms with Gasteiger partial charge in [-0.2, -0.15) is 0 Å². The molecule has 0 amide bonds. The molecule has 1 aliphatic rings. The lowest BCUT2D eigenvalue weighted by molar-refractivity contribution is 0.103. The van der Waals surface area contributed by atoms with Gasteiger partial charge in [-0.25, -0.2) is 0 Å². The minimum absolute atomic E-state index is 0.0255. The van der Waals surface area contributed by atoms with Gasteiger partial charge in [-0.05, 0) is 36.2 Å². The van der Waals surface area contributed by atoms with E-state index in [9.17, 15) is 4.79 Å². The number of aryl methyl sites for hydroxylation is 1. The topological polar surface area (TPSA) is 26.3 Å². The van der Waals surface area contributed by atoms with Crippen molar-refractivity contribution in [1.29, 1.82) is 0 Å². The molecule has 0 spiro atoms. The number of halogens is 1. The number of carbonyl (C=O) groups is 1. The molecule has 0 radical (unpaired) electrons. The molecule has 1 aliphatic heterocycles. The lowest BCUT2D eigenvalue weighted by Gasteiger charge is -2.09. The van der Waals surface area contributed by atoms with Gasteiger partial charge in [-0.15, -0.1) is 0 Å². The number of para-hydroxylation sites is 1. The lowest BCUT2D eigenvalue weighted by atomic mass is 9.97. The van der Waals surface area contributed by atoms with Crippen molar-refractivity contribution in [2.75, 3.05) is 6.61 Å². The molecule has 0 atom stereocenters. The maximum absolute atomic E-state index is 12.7. The van der Waals surface area contributed by atoms with Crippen LogP contribution in [-0.4, -0.2) is 12.4 Å². The van der Waals surface area contributed by atoms with Gasteiger partial charge < -0.3 is 4.74 Å². The highest BCUT2D eigenvalue weighted by atomic mass is 79.9.